The number of nitrogens with zero attached hydrogens (tertiary/aromatic N) is 3. The highest BCUT2D eigenvalue weighted by atomic mass is 32.1. The van der Waals surface area contributed by atoms with Gasteiger partial charge in [-0.25, -0.2) is 0 Å². The average molecular weight is 723 g/mol. The van der Waals surface area contributed by atoms with Crippen LogP contribution in [-0.2, 0) is 0 Å². The van der Waals surface area contributed by atoms with Gasteiger partial charge >= 0.3 is 0 Å². The van der Waals surface area contributed by atoms with Gasteiger partial charge < -0.3 is 10.3 Å². The number of aliphatic imine (C=N–C) groups is 2. The molecule has 2 unspecified atom stereocenters. The summed E-state index contributed by atoms with van der Waals surface area (Å²) < 4.78 is 2.52. The van der Waals surface area contributed by atoms with Crippen LogP contribution in [0.25, 0.3) is 80.1 Å². The maximum atomic E-state index is 5.34. The molecular weight excluding hydrogens is 687 g/mol. The summed E-state index contributed by atoms with van der Waals surface area (Å²) in [5.41, 5.74) is 6.98. The molecule has 262 valence electrons. The molecule has 0 saturated heterocycles. The summed E-state index contributed by atoms with van der Waals surface area (Å²) in [6, 6.07) is 47.0. The minimum atomic E-state index is -0.402. The van der Waals surface area contributed by atoms with E-state index in [-0.39, 0.29) is 5.92 Å². The van der Waals surface area contributed by atoms with Gasteiger partial charge in [-0.05, 0) is 109 Å². The zero-order valence-electron chi connectivity index (χ0n) is 30.2. The van der Waals surface area contributed by atoms with E-state index in [0.29, 0.717) is 0 Å². The fourth-order valence-corrected chi connectivity index (χ4v) is 9.82. The van der Waals surface area contributed by atoms with Crippen LogP contribution in [0.3, 0.4) is 0 Å². The van der Waals surface area contributed by atoms with Crippen LogP contribution < -0.4 is 0 Å². The SMILES string of the molecule is C1=CCC(C2=NC(c3cc(-c4ccc(-c5ccc6c7ccccc7c7ccccc7c6c5)cc4)cc4sc5ccccc5c34)[N-]C(C3=CCCC=C3)=N2)C=C1. The number of fused-ring (bicyclic) bond motifs is 9. The maximum Gasteiger partial charge on any atom is 0.0824 e. The third-order valence-electron chi connectivity index (χ3n) is 11.4. The summed E-state index contributed by atoms with van der Waals surface area (Å²) >= 11 is 1.85. The second kappa shape index (κ2) is 13.2. The van der Waals surface area contributed by atoms with Crippen molar-refractivity contribution in [1.82, 2.24) is 0 Å². The van der Waals surface area contributed by atoms with E-state index < -0.39 is 6.17 Å². The van der Waals surface area contributed by atoms with E-state index in [9.17, 15) is 0 Å². The molecule has 1 aromatic heterocycles. The molecule has 0 radical (unpaired) electrons. The van der Waals surface area contributed by atoms with Crippen LogP contribution >= 0.6 is 11.3 Å². The number of benzene rings is 7. The van der Waals surface area contributed by atoms with E-state index >= 15 is 0 Å². The Labute approximate surface area is 324 Å². The monoisotopic (exact) mass is 722 g/mol. The maximum absolute atomic E-state index is 5.34. The van der Waals surface area contributed by atoms with Gasteiger partial charge in [0, 0.05) is 31.9 Å². The smallest absolute Gasteiger partial charge is 0.0824 e. The molecule has 11 rings (SSSR count). The third kappa shape index (κ3) is 5.56. The molecule has 0 N–H and O–H groups in total. The highest BCUT2D eigenvalue weighted by molar-refractivity contribution is 7.25. The van der Waals surface area contributed by atoms with Crippen molar-refractivity contribution in [2.75, 3.05) is 0 Å². The van der Waals surface area contributed by atoms with Crippen molar-refractivity contribution >= 4 is 75.5 Å². The Kier molecular flexibility index (Phi) is 7.70. The normalized spacial score (nSPS) is 18.2. The first kappa shape index (κ1) is 32.1. The second-order valence-electron chi connectivity index (χ2n) is 14.7. The number of thiophene rings is 1. The van der Waals surface area contributed by atoms with Crippen molar-refractivity contribution in [3.05, 3.63) is 186 Å². The highest BCUT2D eigenvalue weighted by Gasteiger charge is 2.22. The molecule has 55 heavy (non-hydrogen) atoms. The number of rotatable bonds is 5. The van der Waals surface area contributed by atoms with Gasteiger partial charge in [0.1, 0.15) is 0 Å². The molecule has 3 aliphatic rings. The summed E-state index contributed by atoms with van der Waals surface area (Å²) in [6.45, 7) is 0. The van der Waals surface area contributed by atoms with Crippen molar-refractivity contribution in [3.8, 4) is 22.3 Å². The molecule has 1 aliphatic heterocycles. The minimum Gasteiger partial charge on any atom is -0.438 e. The first-order chi connectivity index (χ1) is 27.2. The van der Waals surface area contributed by atoms with Crippen LogP contribution in [0.5, 0.6) is 0 Å². The van der Waals surface area contributed by atoms with Gasteiger partial charge in [0.05, 0.1) is 6.17 Å². The molecule has 2 heterocycles. The van der Waals surface area contributed by atoms with E-state index in [1.54, 1.807) is 0 Å². The minimum absolute atomic E-state index is 0.128. The molecular formula is C51H36N3S-. The Morgan fingerprint density at radius 2 is 1.24 bits per heavy atom. The first-order valence-corrected chi connectivity index (χ1v) is 20.0. The van der Waals surface area contributed by atoms with Gasteiger partial charge in [0.2, 0.25) is 0 Å². The highest BCUT2D eigenvalue weighted by Crippen LogP contribution is 2.45. The van der Waals surface area contributed by atoms with Crippen LogP contribution in [0.15, 0.2) is 185 Å². The van der Waals surface area contributed by atoms with Crippen LogP contribution in [0.1, 0.15) is 31.0 Å². The van der Waals surface area contributed by atoms with Gasteiger partial charge in [-0.1, -0.05) is 151 Å². The summed E-state index contributed by atoms with van der Waals surface area (Å²) in [4.78, 5) is 10.4. The third-order valence-corrected chi connectivity index (χ3v) is 12.5. The van der Waals surface area contributed by atoms with E-state index in [0.717, 1.165) is 42.1 Å². The zero-order valence-corrected chi connectivity index (χ0v) is 31.0. The predicted octanol–water partition coefficient (Wildman–Crippen LogP) is 14.4. The molecule has 3 nitrogen and oxygen atoms in total. The van der Waals surface area contributed by atoms with E-state index in [2.05, 4.69) is 170 Å². The predicted molar refractivity (Wildman–Crippen MR) is 237 cm³/mol. The van der Waals surface area contributed by atoms with E-state index in [1.807, 2.05) is 11.3 Å². The molecule has 2 aliphatic carbocycles. The number of allylic oxidation sites excluding steroid dienone is 5. The Bertz CT molecular complexity index is 3010. The van der Waals surface area contributed by atoms with Crippen LogP contribution in [0, 0.1) is 5.92 Å². The van der Waals surface area contributed by atoms with E-state index in [1.165, 1.54) is 74.7 Å². The Balaban J connectivity index is 1.02. The summed E-state index contributed by atoms with van der Waals surface area (Å²) in [5.74, 6) is 1.77. The van der Waals surface area contributed by atoms with Gasteiger partial charge in [-0.15, -0.1) is 11.3 Å². The summed E-state index contributed by atoms with van der Waals surface area (Å²) in [5, 5.41) is 15.6. The fourth-order valence-electron chi connectivity index (χ4n) is 8.64. The second-order valence-corrected chi connectivity index (χ2v) is 15.8. The summed E-state index contributed by atoms with van der Waals surface area (Å²) in [6.07, 6.45) is 17.9. The van der Waals surface area contributed by atoms with Crippen molar-refractivity contribution in [2.45, 2.75) is 25.4 Å². The quantitative estimate of drug-likeness (QED) is 0.159. The van der Waals surface area contributed by atoms with Gasteiger partial charge in [0.25, 0.3) is 0 Å². The average Bonchev–Trinajstić information content (AvgIpc) is 3.65. The lowest BCUT2D eigenvalue weighted by Gasteiger charge is -2.35. The summed E-state index contributed by atoms with van der Waals surface area (Å²) in [7, 11) is 0. The topological polar surface area (TPSA) is 38.8 Å². The number of amidine groups is 2. The number of hydrogen-bond donors (Lipinski definition) is 0. The van der Waals surface area contributed by atoms with Crippen molar-refractivity contribution in [2.24, 2.45) is 15.9 Å². The standard InChI is InChI=1S/C51H36N3S/c1-3-13-34(14-4-1)49-52-50(35-15-5-2-6-16-35)54-51(53-49)45-30-37(31-47-48(45)43-21-11-12-22-46(43)55-47)33-25-23-32(24-26-33)36-27-28-42-40-19-8-7-17-38(40)39-18-9-10-20-41(39)44(42)29-36/h1,3-5,7-13,15-31,34,51H,2,6,14H2/q-1. The first-order valence-electron chi connectivity index (χ1n) is 19.2. The number of hydrogen-bond acceptors (Lipinski definition) is 3. The molecule has 0 spiro atoms. The zero-order chi connectivity index (χ0) is 36.3. The Morgan fingerprint density at radius 1 is 0.564 bits per heavy atom. The molecule has 2 atom stereocenters. The van der Waals surface area contributed by atoms with Crippen molar-refractivity contribution < 1.29 is 0 Å². The molecule has 4 heteroatoms. The van der Waals surface area contributed by atoms with E-state index in [4.69, 9.17) is 15.3 Å². The van der Waals surface area contributed by atoms with Crippen LogP contribution in [-0.4, -0.2) is 11.7 Å². The molecule has 0 saturated carbocycles. The van der Waals surface area contributed by atoms with Crippen LogP contribution in [0.2, 0.25) is 0 Å². The van der Waals surface area contributed by atoms with Crippen molar-refractivity contribution in [1.29, 1.82) is 0 Å². The molecule has 0 bridgehead atoms. The lowest BCUT2D eigenvalue weighted by molar-refractivity contribution is 0.806. The Morgan fingerprint density at radius 3 is 1.95 bits per heavy atom. The molecule has 7 aromatic carbocycles. The van der Waals surface area contributed by atoms with Crippen molar-refractivity contribution in [3.63, 3.8) is 0 Å². The fraction of sp³-hybridized carbons (Fsp3) is 0.0980. The van der Waals surface area contributed by atoms with Gasteiger partial charge in [-0.3, -0.25) is 4.99 Å². The molecule has 8 aromatic rings. The molecule has 0 amide bonds. The largest absolute Gasteiger partial charge is 0.438 e. The van der Waals surface area contributed by atoms with Gasteiger partial charge in [-0.2, -0.15) is 0 Å². The lowest BCUT2D eigenvalue weighted by atomic mass is 9.91. The Hall–Kier alpha value is -6.36. The van der Waals surface area contributed by atoms with Crippen LogP contribution in [0.4, 0.5) is 0 Å². The van der Waals surface area contributed by atoms with Gasteiger partial charge in [0.15, 0.2) is 0 Å². The molecule has 0 fully saturated rings. The lowest BCUT2D eigenvalue weighted by Crippen LogP contribution is -2.21.